The van der Waals surface area contributed by atoms with Crippen molar-refractivity contribution in [3.8, 4) is 5.75 Å². The van der Waals surface area contributed by atoms with Crippen molar-refractivity contribution in [1.29, 1.82) is 0 Å². The Morgan fingerprint density at radius 1 is 1.04 bits per heavy atom. The van der Waals surface area contributed by atoms with Gasteiger partial charge in [0.05, 0.1) is 5.41 Å². The van der Waals surface area contributed by atoms with Crippen LogP contribution in [0.15, 0.2) is 54.6 Å². The third-order valence-electron chi connectivity index (χ3n) is 5.17. The predicted molar refractivity (Wildman–Crippen MR) is 105 cm³/mol. The molecule has 28 heavy (non-hydrogen) atoms. The minimum atomic E-state index is -0.901. The van der Waals surface area contributed by atoms with Gasteiger partial charge in [0, 0.05) is 0 Å². The molecule has 6 nitrogen and oxygen atoms in total. The largest absolute Gasteiger partial charge is 0.426 e. The van der Waals surface area contributed by atoms with Crippen molar-refractivity contribution >= 4 is 17.9 Å². The molecule has 6 heteroatoms. The summed E-state index contributed by atoms with van der Waals surface area (Å²) in [7, 11) is 0. The number of esters is 1. The van der Waals surface area contributed by atoms with Crippen LogP contribution in [0.25, 0.3) is 0 Å². The summed E-state index contributed by atoms with van der Waals surface area (Å²) in [6, 6.07) is 16.2. The average molecular weight is 380 g/mol. The topological polar surface area (TPSA) is 84.5 Å². The van der Waals surface area contributed by atoms with Crippen LogP contribution in [0.5, 0.6) is 5.75 Å². The van der Waals surface area contributed by atoms with Crippen LogP contribution in [0.4, 0.5) is 4.79 Å². The predicted octanol–water partition coefficient (Wildman–Crippen LogP) is 3.10. The number of benzene rings is 2. The summed E-state index contributed by atoms with van der Waals surface area (Å²) in [4.78, 5) is 35.8. The number of urea groups is 1. The molecule has 0 radical (unpaired) electrons. The number of ether oxygens (including phenoxy) is 1. The lowest BCUT2D eigenvalue weighted by Gasteiger charge is -2.23. The summed E-state index contributed by atoms with van der Waals surface area (Å²) in [5, 5.41) is 4.91. The van der Waals surface area contributed by atoms with E-state index in [1.54, 1.807) is 19.1 Å². The standard InChI is InChI=1S/C22H24N2O4/c1-21(2,16-7-5-4-6-8-16)19(26)28-17-11-9-15(10-12-17)13-14-22(3)18(25)23-20(27)24-22/h4-12H,13-14H2,1-3H3,(H2,23,24,25,27). The molecule has 2 aromatic rings. The zero-order valence-corrected chi connectivity index (χ0v) is 16.2. The molecule has 0 aliphatic carbocycles. The quantitative estimate of drug-likeness (QED) is 0.458. The van der Waals surface area contributed by atoms with Crippen LogP contribution < -0.4 is 15.4 Å². The number of aryl methyl sites for hydroxylation is 1. The highest BCUT2D eigenvalue weighted by Crippen LogP contribution is 2.26. The maximum Gasteiger partial charge on any atom is 0.322 e. The van der Waals surface area contributed by atoms with Crippen molar-refractivity contribution in [2.45, 2.75) is 44.6 Å². The molecule has 0 bridgehead atoms. The molecule has 0 aromatic heterocycles. The van der Waals surface area contributed by atoms with Crippen molar-refractivity contribution < 1.29 is 19.1 Å². The average Bonchev–Trinajstić information content (AvgIpc) is 2.93. The summed E-state index contributed by atoms with van der Waals surface area (Å²) in [6.07, 6.45) is 1.08. The Labute approximate surface area is 164 Å². The van der Waals surface area contributed by atoms with Gasteiger partial charge >= 0.3 is 12.0 Å². The van der Waals surface area contributed by atoms with E-state index in [1.165, 1.54) is 0 Å². The van der Waals surface area contributed by atoms with E-state index in [-0.39, 0.29) is 11.9 Å². The van der Waals surface area contributed by atoms with Gasteiger partial charge in [-0.05, 0) is 56.9 Å². The summed E-state index contributed by atoms with van der Waals surface area (Å²) < 4.78 is 5.56. The Morgan fingerprint density at radius 2 is 1.68 bits per heavy atom. The second-order valence-electron chi connectivity index (χ2n) is 7.76. The number of amides is 3. The summed E-state index contributed by atoms with van der Waals surface area (Å²) >= 11 is 0. The first-order valence-electron chi connectivity index (χ1n) is 9.21. The SMILES string of the molecule is CC1(CCc2ccc(OC(=O)C(C)(C)c3ccccc3)cc2)NC(=O)NC1=O. The number of hydrogen-bond acceptors (Lipinski definition) is 4. The van der Waals surface area contributed by atoms with Gasteiger partial charge in [0.15, 0.2) is 0 Å². The van der Waals surface area contributed by atoms with Gasteiger partial charge in [-0.3, -0.25) is 14.9 Å². The van der Waals surface area contributed by atoms with Crippen LogP contribution in [0.1, 0.15) is 38.3 Å². The van der Waals surface area contributed by atoms with Crippen molar-refractivity contribution in [3.63, 3.8) is 0 Å². The molecular weight excluding hydrogens is 356 g/mol. The van der Waals surface area contributed by atoms with E-state index in [0.717, 1.165) is 11.1 Å². The number of carbonyl (C=O) groups is 3. The normalized spacial score (nSPS) is 19.1. The highest BCUT2D eigenvalue weighted by Gasteiger charge is 2.41. The molecule has 2 N–H and O–H groups in total. The van der Waals surface area contributed by atoms with Gasteiger partial charge in [-0.1, -0.05) is 42.5 Å². The van der Waals surface area contributed by atoms with E-state index >= 15 is 0 Å². The summed E-state index contributed by atoms with van der Waals surface area (Å²) in [6.45, 7) is 5.37. The van der Waals surface area contributed by atoms with Crippen LogP contribution in [0.3, 0.4) is 0 Å². The highest BCUT2D eigenvalue weighted by atomic mass is 16.5. The fourth-order valence-electron chi connectivity index (χ4n) is 3.08. The molecule has 1 aliphatic heterocycles. The first kappa shape index (κ1) is 19.6. The Balaban J connectivity index is 1.61. The Morgan fingerprint density at radius 3 is 2.25 bits per heavy atom. The number of imide groups is 1. The second kappa shape index (κ2) is 7.46. The van der Waals surface area contributed by atoms with E-state index in [9.17, 15) is 14.4 Å². The highest BCUT2D eigenvalue weighted by molar-refractivity contribution is 6.06. The van der Waals surface area contributed by atoms with E-state index in [2.05, 4.69) is 10.6 Å². The molecule has 3 amide bonds. The van der Waals surface area contributed by atoms with E-state index in [4.69, 9.17) is 4.74 Å². The second-order valence-corrected chi connectivity index (χ2v) is 7.76. The van der Waals surface area contributed by atoms with Gasteiger partial charge in [0.1, 0.15) is 11.3 Å². The molecule has 3 rings (SSSR count). The lowest BCUT2D eigenvalue weighted by molar-refractivity contribution is -0.139. The lowest BCUT2D eigenvalue weighted by Crippen LogP contribution is -2.43. The molecule has 1 saturated heterocycles. The number of hydrogen-bond donors (Lipinski definition) is 2. The fourth-order valence-corrected chi connectivity index (χ4v) is 3.08. The van der Waals surface area contributed by atoms with Gasteiger partial charge < -0.3 is 10.1 Å². The molecular formula is C22H24N2O4. The Bertz CT molecular complexity index is 891. The molecule has 2 aromatic carbocycles. The molecule has 146 valence electrons. The van der Waals surface area contributed by atoms with E-state index in [0.29, 0.717) is 18.6 Å². The first-order valence-corrected chi connectivity index (χ1v) is 9.21. The van der Waals surface area contributed by atoms with Crippen molar-refractivity contribution in [1.82, 2.24) is 10.6 Å². The van der Waals surface area contributed by atoms with Gasteiger partial charge in [-0.2, -0.15) is 0 Å². The van der Waals surface area contributed by atoms with Gasteiger partial charge in [-0.15, -0.1) is 0 Å². The minimum Gasteiger partial charge on any atom is -0.426 e. The zero-order chi connectivity index (χ0) is 20.4. The Hall–Kier alpha value is -3.15. The third-order valence-corrected chi connectivity index (χ3v) is 5.17. The molecule has 0 spiro atoms. The number of carbonyl (C=O) groups excluding carboxylic acids is 3. The van der Waals surface area contributed by atoms with Crippen LogP contribution in [0, 0.1) is 0 Å². The van der Waals surface area contributed by atoms with Gasteiger partial charge in [0.25, 0.3) is 5.91 Å². The zero-order valence-electron chi connectivity index (χ0n) is 16.2. The monoisotopic (exact) mass is 380 g/mol. The summed E-state index contributed by atoms with van der Waals surface area (Å²) in [5.74, 6) is -0.175. The van der Waals surface area contributed by atoms with E-state index < -0.39 is 17.0 Å². The smallest absolute Gasteiger partial charge is 0.322 e. The number of rotatable bonds is 6. The lowest BCUT2D eigenvalue weighted by atomic mass is 9.85. The van der Waals surface area contributed by atoms with Crippen LogP contribution >= 0.6 is 0 Å². The number of nitrogens with one attached hydrogen (secondary N) is 2. The van der Waals surface area contributed by atoms with Crippen LogP contribution in [-0.2, 0) is 21.4 Å². The molecule has 1 unspecified atom stereocenters. The van der Waals surface area contributed by atoms with Crippen LogP contribution in [-0.4, -0.2) is 23.4 Å². The third kappa shape index (κ3) is 4.06. The molecule has 1 fully saturated rings. The summed E-state index contributed by atoms with van der Waals surface area (Å²) in [5.41, 5.74) is 0.212. The van der Waals surface area contributed by atoms with Gasteiger partial charge in [0.2, 0.25) is 0 Å². The van der Waals surface area contributed by atoms with Gasteiger partial charge in [-0.25, -0.2) is 4.79 Å². The van der Waals surface area contributed by atoms with Crippen molar-refractivity contribution in [2.24, 2.45) is 0 Å². The maximum absolute atomic E-state index is 12.6. The molecule has 1 aliphatic rings. The Kier molecular flexibility index (Phi) is 5.23. The molecule has 1 atom stereocenters. The van der Waals surface area contributed by atoms with Crippen molar-refractivity contribution in [2.75, 3.05) is 0 Å². The molecule has 1 heterocycles. The maximum atomic E-state index is 12.6. The minimum absolute atomic E-state index is 0.314. The first-order chi connectivity index (χ1) is 13.2. The van der Waals surface area contributed by atoms with E-state index in [1.807, 2.05) is 56.3 Å². The molecule has 0 saturated carbocycles. The van der Waals surface area contributed by atoms with Crippen molar-refractivity contribution in [3.05, 3.63) is 65.7 Å². The fraction of sp³-hybridized carbons (Fsp3) is 0.318. The van der Waals surface area contributed by atoms with Crippen LogP contribution in [0.2, 0.25) is 0 Å².